The summed E-state index contributed by atoms with van der Waals surface area (Å²) in [4.78, 5) is 22.3. The highest BCUT2D eigenvalue weighted by molar-refractivity contribution is 5.69. The number of nitrogens with one attached hydrogen (secondary N) is 1. The molecule has 8 nitrogen and oxygen atoms in total. The van der Waals surface area contributed by atoms with Gasteiger partial charge in [-0.1, -0.05) is 30.3 Å². The maximum absolute atomic E-state index is 11.5. The molecule has 0 heterocycles. The van der Waals surface area contributed by atoms with E-state index in [-0.39, 0.29) is 19.0 Å². The van der Waals surface area contributed by atoms with Crippen LogP contribution in [-0.2, 0) is 35.1 Å². The number of hydrogen-bond donors (Lipinski definition) is 1. The second-order valence-electron chi connectivity index (χ2n) is 5.15. The molecule has 0 atom stereocenters. The maximum atomic E-state index is 11.5. The molecule has 0 aliphatic rings. The van der Waals surface area contributed by atoms with Crippen LogP contribution in [0.1, 0.15) is 12.0 Å². The Kier molecular flexibility index (Phi) is 12.7. The molecule has 0 aromatic heterocycles. The minimum absolute atomic E-state index is 0.237. The number of rotatable bonds is 14. The third-order valence-electron chi connectivity index (χ3n) is 3.15. The second kappa shape index (κ2) is 15.1. The standard InChI is InChI=1S/C18H27NO7/c1-22-17(20)7-9-23-11-13-25-14-12-24-10-8-19-18(21)26-15-16-5-3-2-4-6-16/h2-6H,7-15H2,1H3,(H,19,21). The van der Waals surface area contributed by atoms with Gasteiger partial charge in [0.2, 0.25) is 0 Å². The van der Waals surface area contributed by atoms with Gasteiger partial charge in [-0.2, -0.15) is 0 Å². The molecule has 1 amide bonds. The van der Waals surface area contributed by atoms with Crippen molar-refractivity contribution in [1.82, 2.24) is 5.32 Å². The lowest BCUT2D eigenvalue weighted by atomic mass is 10.2. The van der Waals surface area contributed by atoms with Crippen LogP contribution in [-0.4, -0.2) is 65.4 Å². The van der Waals surface area contributed by atoms with Crippen LogP contribution in [0.2, 0.25) is 0 Å². The van der Waals surface area contributed by atoms with Crippen molar-refractivity contribution in [3.63, 3.8) is 0 Å². The first kappa shape index (κ1) is 21.9. The van der Waals surface area contributed by atoms with Gasteiger partial charge >= 0.3 is 12.1 Å². The first-order valence-corrected chi connectivity index (χ1v) is 8.47. The summed E-state index contributed by atoms with van der Waals surface area (Å²) < 4.78 is 25.4. The number of hydrogen-bond acceptors (Lipinski definition) is 7. The molecule has 26 heavy (non-hydrogen) atoms. The van der Waals surface area contributed by atoms with Crippen LogP contribution in [0.3, 0.4) is 0 Å². The molecule has 1 N–H and O–H groups in total. The minimum atomic E-state index is -0.474. The van der Waals surface area contributed by atoms with Crippen molar-refractivity contribution in [2.24, 2.45) is 0 Å². The molecule has 0 unspecified atom stereocenters. The monoisotopic (exact) mass is 369 g/mol. The molecular weight excluding hydrogens is 342 g/mol. The number of carbonyl (C=O) groups excluding carboxylic acids is 2. The zero-order valence-electron chi connectivity index (χ0n) is 15.1. The third kappa shape index (κ3) is 12.2. The number of esters is 1. The van der Waals surface area contributed by atoms with E-state index >= 15 is 0 Å². The van der Waals surface area contributed by atoms with E-state index in [0.29, 0.717) is 46.2 Å². The highest BCUT2D eigenvalue weighted by Crippen LogP contribution is 2.00. The average molecular weight is 369 g/mol. The van der Waals surface area contributed by atoms with Crippen molar-refractivity contribution >= 4 is 12.1 Å². The van der Waals surface area contributed by atoms with E-state index in [0.717, 1.165) is 5.56 Å². The summed E-state index contributed by atoms with van der Waals surface area (Å²) in [6, 6.07) is 9.46. The number of amides is 1. The SMILES string of the molecule is COC(=O)CCOCCOCCOCCNC(=O)OCc1ccccc1. The van der Waals surface area contributed by atoms with Gasteiger partial charge in [0.15, 0.2) is 0 Å². The van der Waals surface area contributed by atoms with E-state index in [2.05, 4.69) is 10.1 Å². The van der Waals surface area contributed by atoms with Crippen LogP contribution < -0.4 is 5.32 Å². The molecule has 0 radical (unpaired) electrons. The van der Waals surface area contributed by atoms with E-state index in [4.69, 9.17) is 18.9 Å². The molecule has 1 aromatic rings. The zero-order valence-corrected chi connectivity index (χ0v) is 15.1. The quantitative estimate of drug-likeness (QED) is 0.393. The molecule has 0 bridgehead atoms. The lowest BCUT2D eigenvalue weighted by Crippen LogP contribution is -2.28. The second-order valence-corrected chi connectivity index (χ2v) is 5.15. The predicted molar refractivity (Wildman–Crippen MR) is 93.7 cm³/mol. The molecule has 1 aromatic carbocycles. The lowest BCUT2D eigenvalue weighted by Gasteiger charge is -2.08. The Hall–Kier alpha value is -2.16. The highest BCUT2D eigenvalue weighted by atomic mass is 16.6. The Morgan fingerprint density at radius 1 is 0.885 bits per heavy atom. The van der Waals surface area contributed by atoms with Crippen LogP contribution in [0.25, 0.3) is 0 Å². The summed E-state index contributed by atoms with van der Waals surface area (Å²) in [5, 5.41) is 2.61. The molecule has 0 aliphatic heterocycles. The first-order valence-electron chi connectivity index (χ1n) is 8.47. The molecular formula is C18H27NO7. The molecule has 0 saturated heterocycles. The summed E-state index contributed by atoms with van der Waals surface area (Å²) in [5.41, 5.74) is 0.935. The predicted octanol–water partition coefficient (Wildman–Crippen LogP) is 1.53. The average Bonchev–Trinajstić information content (AvgIpc) is 2.67. The van der Waals surface area contributed by atoms with Gasteiger partial charge in [0.05, 0.1) is 53.2 Å². The van der Waals surface area contributed by atoms with Crippen molar-refractivity contribution in [3.8, 4) is 0 Å². The fourth-order valence-electron chi connectivity index (χ4n) is 1.80. The van der Waals surface area contributed by atoms with Crippen LogP contribution in [0.15, 0.2) is 30.3 Å². The van der Waals surface area contributed by atoms with Crippen molar-refractivity contribution in [3.05, 3.63) is 35.9 Å². The van der Waals surface area contributed by atoms with Crippen LogP contribution in [0.4, 0.5) is 4.79 Å². The van der Waals surface area contributed by atoms with E-state index < -0.39 is 6.09 Å². The van der Waals surface area contributed by atoms with Crippen molar-refractivity contribution in [2.75, 3.05) is 53.3 Å². The zero-order chi connectivity index (χ0) is 18.9. The molecule has 1 rings (SSSR count). The fourth-order valence-corrected chi connectivity index (χ4v) is 1.80. The summed E-state index contributed by atoms with van der Waals surface area (Å²) in [5.74, 6) is -0.295. The molecule has 8 heteroatoms. The Bertz CT molecular complexity index is 496. The smallest absolute Gasteiger partial charge is 0.407 e. The van der Waals surface area contributed by atoms with Gasteiger partial charge < -0.3 is 29.0 Å². The largest absolute Gasteiger partial charge is 0.469 e. The topological polar surface area (TPSA) is 92.3 Å². The number of methoxy groups -OCH3 is 1. The van der Waals surface area contributed by atoms with Crippen LogP contribution in [0.5, 0.6) is 0 Å². The normalized spacial score (nSPS) is 10.3. The lowest BCUT2D eigenvalue weighted by molar-refractivity contribution is -0.141. The Morgan fingerprint density at radius 3 is 2.15 bits per heavy atom. The van der Waals surface area contributed by atoms with Crippen molar-refractivity contribution in [2.45, 2.75) is 13.0 Å². The van der Waals surface area contributed by atoms with E-state index in [1.54, 1.807) is 0 Å². The molecule has 146 valence electrons. The van der Waals surface area contributed by atoms with Crippen molar-refractivity contribution < 1.29 is 33.3 Å². The highest BCUT2D eigenvalue weighted by Gasteiger charge is 2.02. The Labute approximate surface area is 153 Å². The number of alkyl carbamates (subject to hydrolysis) is 1. The molecule has 0 aliphatic carbocycles. The fraction of sp³-hybridized carbons (Fsp3) is 0.556. The summed E-state index contributed by atoms with van der Waals surface area (Å²) >= 11 is 0. The van der Waals surface area contributed by atoms with Crippen LogP contribution in [0, 0.1) is 0 Å². The molecule has 0 fully saturated rings. The summed E-state index contributed by atoms with van der Waals surface area (Å²) in [6.45, 7) is 2.98. The van der Waals surface area contributed by atoms with Crippen LogP contribution >= 0.6 is 0 Å². The summed E-state index contributed by atoms with van der Waals surface area (Å²) in [6.07, 6.45) is -0.238. The molecule has 0 spiro atoms. The number of benzene rings is 1. The Balaban J connectivity index is 1.81. The van der Waals surface area contributed by atoms with Crippen molar-refractivity contribution in [1.29, 1.82) is 0 Å². The van der Waals surface area contributed by atoms with Gasteiger partial charge in [-0.25, -0.2) is 4.79 Å². The van der Waals surface area contributed by atoms with Gasteiger partial charge in [-0.05, 0) is 5.56 Å². The van der Waals surface area contributed by atoms with Gasteiger partial charge in [-0.15, -0.1) is 0 Å². The van der Waals surface area contributed by atoms with E-state index in [1.807, 2.05) is 30.3 Å². The molecule has 0 saturated carbocycles. The third-order valence-corrected chi connectivity index (χ3v) is 3.15. The minimum Gasteiger partial charge on any atom is -0.469 e. The number of ether oxygens (including phenoxy) is 5. The van der Waals surface area contributed by atoms with Gasteiger partial charge in [-0.3, -0.25) is 4.79 Å². The van der Waals surface area contributed by atoms with Gasteiger partial charge in [0.1, 0.15) is 6.61 Å². The first-order chi connectivity index (χ1) is 12.7. The van der Waals surface area contributed by atoms with Gasteiger partial charge in [0.25, 0.3) is 0 Å². The van der Waals surface area contributed by atoms with E-state index in [9.17, 15) is 9.59 Å². The van der Waals surface area contributed by atoms with Gasteiger partial charge in [0, 0.05) is 6.54 Å². The van der Waals surface area contributed by atoms with E-state index in [1.165, 1.54) is 7.11 Å². The maximum Gasteiger partial charge on any atom is 0.407 e. The summed E-state index contributed by atoms with van der Waals surface area (Å²) in [7, 11) is 1.34. The number of carbonyl (C=O) groups is 2. The Morgan fingerprint density at radius 2 is 1.50 bits per heavy atom.